The molecule has 0 atom stereocenters. The number of carbonyl (C=O) groups excluding carboxylic acids is 1. The molecule has 0 aliphatic rings. The number of pyridine rings is 1. The summed E-state index contributed by atoms with van der Waals surface area (Å²) < 4.78 is 1.03. The third-order valence-electron chi connectivity index (χ3n) is 2.63. The molecule has 92 valence electrons. The van der Waals surface area contributed by atoms with E-state index < -0.39 is 0 Å². The lowest BCUT2D eigenvalue weighted by atomic mass is 10.1. The monoisotopic (exact) mass is 304 g/mol. The molecule has 3 nitrogen and oxygen atoms in total. The van der Waals surface area contributed by atoms with E-state index in [2.05, 4.69) is 26.2 Å². The van der Waals surface area contributed by atoms with E-state index in [-0.39, 0.29) is 5.91 Å². The third-order valence-corrected chi connectivity index (χ3v) is 3.16. The molecule has 0 bridgehead atoms. The SMILES string of the molecule is Cc1cnccc1C(=O)NCc1ccc(Br)cc1. The number of amides is 1. The number of aromatic nitrogens is 1. The highest BCUT2D eigenvalue weighted by Gasteiger charge is 2.07. The Morgan fingerprint density at radius 3 is 2.67 bits per heavy atom. The van der Waals surface area contributed by atoms with Gasteiger partial charge in [0.15, 0.2) is 0 Å². The Morgan fingerprint density at radius 1 is 1.28 bits per heavy atom. The van der Waals surface area contributed by atoms with Crippen molar-refractivity contribution in [3.05, 3.63) is 63.9 Å². The van der Waals surface area contributed by atoms with Crippen molar-refractivity contribution < 1.29 is 4.79 Å². The minimum atomic E-state index is -0.0715. The molecular formula is C14H13BrN2O. The topological polar surface area (TPSA) is 42.0 Å². The summed E-state index contributed by atoms with van der Waals surface area (Å²) in [6.45, 7) is 2.40. The van der Waals surface area contributed by atoms with Gasteiger partial charge in [-0.1, -0.05) is 28.1 Å². The molecule has 1 aromatic carbocycles. The molecule has 0 aliphatic heterocycles. The highest BCUT2D eigenvalue weighted by molar-refractivity contribution is 9.10. The van der Waals surface area contributed by atoms with Crippen molar-refractivity contribution in [1.29, 1.82) is 0 Å². The van der Waals surface area contributed by atoms with Crippen LogP contribution >= 0.6 is 15.9 Å². The molecule has 0 radical (unpaired) electrons. The fourth-order valence-electron chi connectivity index (χ4n) is 1.61. The smallest absolute Gasteiger partial charge is 0.251 e. The second kappa shape index (κ2) is 5.78. The number of nitrogens with one attached hydrogen (secondary N) is 1. The maximum Gasteiger partial charge on any atom is 0.251 e. The Hall–Kier alpha value is -1.68. The van der Waals surface area contributed by atoms with Gasteiger partial charge in [-0.05, 0) is 36.2 Å². The zero-order valence-corrected chi connectivity index (χ0v) is 11.6. The highest BCUT2D eigenvalue weighted by atomic mass is 79.9. The van der Waals surface area contributed by atoms with E-state index in [1.807, 2.05) is 31.2 Å². The van der Waals surface area contributed by atoms with Gasteiger partial charge in [0.2, 0.25) is 0 Å². The van der Waals surface area contributed by atoms with Gasteiger partial charge in [-0.15, -0.1) is 0 Å². The van der Waals surface area contributed by atoms with E-state index in [1.165, 1.54) is 0 Å². The predicted molar refractivity (Wildman–Crippen MR) is 74.3 cm³/mol. The van der Waals surface area contributed by atoms with Gasteiger partial charge in [-0.25, -0.2) is 0 Å². The number of nitrogens with zero attached hydrogens (tertiary/aromatic N) is 1. The molecule has 2 aromatic rings. The third kappa shape index (κ3) is 3.17. The summed E-state index contributed by atoms with van der Waals surface area (Å²) in [7, 11) is 0. The van der Waals surface area contributed by atoms with Crippen molar-refractivity contribution in [2.45, 2.75) is 13.5 Å². The van der Waals surface area contributed by atoms with E-state index in [0.717, 1.165) is 15.6 Å². The summed E-state index contributed by atoms with van der Waals surface area (Å²) >= 11 is 3.38. The normalized spacial score (nSPS) is 10.1. The van der Waals surface area contributed by atoms with Gasteiger partial charge in [-0.3, -0.25) is 9.78 Å². The molecule has 1 amide bonds. The second-order valence-corrected chi connectivity index (χ2v) is 4.92. The fourth-order valence-corrected chi connectivity index (χ4v) is 1.87. The second-order valence-electron chi connectivity index (χ2n) is 4.00. The number of hydrogen-bond donors (Lipinski definition) is 1. The maximum absolute atomic E-state index is 12.0. The summed E-state index contributed by atoms with van der Waals surface area (Å²) in [5, 5.41) is 2.89. The standard InChI is InChI=1S/C14H13BrN2O/c1-10-8-16-7-6-13(10)14(18)17-9-11-2-4-12(15)5-3-11/h2-8H,9H2,1H3,(H,17,18). The van der Waals surface area contributed by atoms with Crippen LogP contribution in [-0.4, -0.2) is 10.9 Å². The lowest BCUT2D eigenvalue weighted by Gasteiger charge is -2.07. The first kappa shape index (κ1) is 12.8. The van der Waals surface area contributed by atoms with Crippen LogP contribution in [0, 0.1) is 6.92 Å². The van der Waals surface area contributed by atoms with Crippen LogP contribution in [-0.2, 0) is 6.54 Å². The van der Waals surface area contributed by atoms with Gasteiger partial charge in [-0.2, -0.15) is 0 Å². The Bertz CT molecular complexity index is 552. The minimum Gasteiger partial charge on any atom is -0.348 e. The molecule has 18 heavy (non-hydrogen) atoms. The molecule has 0 saturated carbocycles. The van der Waals surface area contributed by atoms with Crippen molar-refractivity contribution in [2.75, 3.05) is 0 Å². The molecule has 1 heterocycles. The van der Waals surface area contributed by atoms with E-state index in [1.54, 1.807) is 18.5 Å². The van der Waals surface area contributed by atoms with Crippen molar-refractivity contribution in [3.63, 3.8) is 0 Å². The molecule has 2 rings (SSSR count). The summed E-state index contributed by atoms with van der Waals surface area (Å²) in [5.41, 5.74) is 2.62. The fraction of sp³-hybridized carbons (Fsp3) is 0.143. The van der Waals surface area contributed by atoms with Crippen LogP contribution in [0.3, 0.4) is 0 Å². The van der Waals surface area contributed by atoms with Crippen LogP contribution in [0.2, 0.25) is 0 Å². The predicted octanol–water partition coefficient (Wildman–Crippen LogP) is 3.08. The molecule has 0 fully saturated rings. The van der Waals surface area contributed by atoms with E-state index in [9.17, 15) is 4.79 Å². The van der Waals surface area contributed by atoms with Gasteiger partial charge < -0.3 is 5.32 Å². The van der Waals surface area contributed by atoms with E-state index in [0.29, 0.717) is 12.1 Å². The lowest BCUT2D eigenvalue weighted by Crippen LogP contribution is -2.23. The van der Waals surface area contributed by atoms with Crippen LogP contribution in [0.5, 0.6) is 0 Å². The number of benzene rings is 1. The summed E-state index contributed by atoms with van der Waals surface area (Å²) in [5.74, 6) is -0.0715. The number of aryl methyl sites for hydroxylation is 1. The number of halogens is 1. The van der Waals surface area contributed by atoms with Crippen molar-refractivity contribution in [1.82, 2.24) is 10.3 Å². The Morgan fingerprint density at radius 2 is 2.00 bits per heavy atom. The zero-order valence-electron chi connectivity index (χ0n) is 9.98. The average Bonchev–Trinajstić information content (AvgIpc) is 2.38. The summed E-state index contributed by atoms with van der Waals surface area (Å²) in [6, 6.07) is 9.60. The first-order chi connectivity index (χ1) is 8.66. The van der Waals surface area contributed by atoms with Crippen LogP contribution in [0.1, 0.15) is 21.5 Å². The van der Waals surface area contributed by atoms with E-state index >= 15 is 0 Å². The van der Waals surface area contributed by atoms with Gasteiger partial charge in [0.25, 0.3) is 5.91 Å². The molecule has 1 aromatic heterocycles. The lowest BCUT2D eigenvalue weighted by molar-refractivity contribution is 0.0950. The van der Waals surface area contributed by atoms with Gasteiger partial charge in [0.05, 0.1) is 0 Å². The molecular weight excluding hydrogens is 292 g/mol. The van der Waals surface area contributed by atoms with Gasteiger partial charge in [0, 0.05) is 29.0 Å². The summed E-state index contributed by atoms with van der Waals surface area (Å²) in [4.78, 5) is 15.9. The quantitative estimate of drug-likeness (QED) is 0.947. The number of hydrogen-bond acceptors (Lipinski definition) is 2. The Kier molecular flexibility index (Phi) is 4.10. The Labute approximate surface area is 114 Å². The van der Waals surface area contributed by atoms with Crippen molar-refractivity contribution in [3.8, 4) is 0 Å². The molecule has 0 unspecified atom stereocenters. The largest absolute Gasteiger partial charge is 0.348 e. The molecule has 0 saturated heterocycles. The van der Waals surface area contributed by atoms with Crippen LogP contribution in [0.15, 0.2) is 47.2 Å². The Balaban J connectivity index is 2.01. The van der Waals surface area contributed by atoms with Gasteiger partial charge in [0.1, 0.15) is 0 Å². The first-order valence-corrected chi connectivity index (χ1v) is 6.39. The zero-order chi connectivity index (χ0) is 13.0. The molecule has 0 spiro atoms. The van der Waals surface area contributed by atoms with Crippen molar-refractivity contribution >= 4 is 21.8 Å². The molecule has 0 aliphatic carbocycles. The maximum atomic E-state index is 12.0. The van der Waals surface area contributed by atoms with Crippen molar-refractivity contribution in [2.24, 2.45) is 0 Å². The van der Waals surface area contributed by atoms with Crippen LogP contribution in [0.4, 0.5) is 0 Å². The summed E-state index contributed by atoms with van der Waals surface area (Å²) in [6.07, 6.45) is 3.32. The van der Waals surface area contributed by atoms with Crippen LogP contribution in [0.25, 0.3) is 0 Å². The first-order valence-electron chi connectivity index (χ1n) is 5.60. The minimum absolute atomic E-state index is 0.0715. The molecule has 4 heteroatoms. The molecule has 1 N–H and O–H groups in total. The van der Waals surface area contributed by atoms with E-state index in [4.69, 9.17) is 0 Å². The average molecular weight is 305 g/mol. The number of carbonyl (C=O) groups is 1. The number of rotatable bonds is 3. The van der Waals surface area contributed by atoms with Crippen LogP contribution < -0.4 is 5.32 Å². The highest BCUT2D eigenvalue weighted by Crippen LogP contribution is 2.11. The van der Waals surface area contributed by atoms with Gasteiger partial charge >= 0.3 is 0 Å².